The number of nitrogens with one attached hydrogen (secondary N) is 1. The Hall–Kier alpha value is -2.69. The molecule has 5 heteroatoms. The van der Waals surface area contributed by atoms with Gasteiger partial charge in [0.25, 0.3) is 5.91 Å². The van der Waals surface area contributed by atoms with E-state index in [2.05, 4.69) is 29.3 Å². The van der Waals surface area contributed by atoms with Crippen LogP contribution in [-0.2, 0) is 0 Å². The van der Waals surface area contributed by atoms with Gasteiger partial charge in [0, 0.05) is 24.3 Å². The topological polar surface area (TPSA) is 44.7 Å². The monoisotopic (exact) mass is 313 g/mol. The molecule has 0 aliphatic rings. The third kappa shape index (κ3) is 4.64. The first-order valence-corrected chi connectivity index (χ1v) is 7.58. The summed E-state index contributed by atoms with van der Waals surface area (Å²) in [6.07, 6.45) is 1.47. The summed E-state index contributed by atoms with van der Waals surface area (Å²) in [6, 6.07) is 13.3. The number of carbonyl (C=O) groups is 1. The lowest BCUT2D eigenvalue weighted by atomic mass is 10.2. The maximum Gasteiger partial charge on any atom is 0.271 e. The van der Waals surface area contributed by atoms with Crippen molar-refractivity contribution in [1.82, 2.24) is 5.43 Å². The molecule has 2 aromatic rings. The molecule has 0 heterocycles. The lowest BCUT2D eigenvalue weighted by Crippen LogP contribution is -2.22. The third-order valence-electron chi connectivity index (χ3n) is 3.51. The average Bonchev–Trinajstić information content (AvgIpc) is 2.58. The van der Waals surface area contributed by atoms with Crippen LogP contribution in [0, 0.1) is 5.82 Å². The van der Waals surface area contributed by atoms with Crippen molar-refractivity contribution >= 4 is 17.8 Å². The van der Waals surface area contributed by atoms with E-state index in [1.54, 1.807) is 24.3 Å². The van der Waals surface area contributed by atoms with Crippen LogP contribution in [0.15, 0.2) is 53.6 Å². The van der Waals surface area contributed by atoms with Crippen molar-refractivity contribution in [3.63, 3.8) is 0 Å². The smallest absolute Gasteiger partial charge is 0.271 e. The van der Waals surface area contributed by atoms with E-state index in [0.29, 0.717) is 11.1 Å². The maximum absolute atomic E-state index is 12.8. The number of carbonyl (C=O) groups excluding carboxylic acids is 1. The fraction of sp³-hybridized carbons (Fsp3) is 0.222. The van der Waals surface area contributed by atoms with Crippen LogP contribution in [0.1, 0.15) is 29.8 Å². The average molecular weight is 313 g/mol. The molecule has 23 heavy (non-hydrogen) atoms. The fourth-order valence-electron chi connectivity index (χ4n) is 2.19. The second kappa shape index (κ2) is 8.08. The summed E-state index contributed by atoms with van der Waals surface area (Å²) < 4.78 is 12.8. The molecular weight excluding hydrogens is 293 g/mol. The Bertz CT molecular complexity index is 662. The van der Waals surface area contributed by atoms with E-state index in [1.165, 1.54) is 18.3 Å². The van der Waals surface area contributed by atoms with E-state index in [4.69, 9.17) is 0 Å². The maximum atomic E-state index is 12.8. The Morgan fingerprint density at radius 1 is 1.09 bits per heavy atom. The van der Waals surface area contributed by atoms with Gasteiger partial charge in [-0.3, -0.25) is 4.79 Å². The molecule has 4 nitrogen and oxygen atoms in total. The Labute approximate surface area is 135 Å². The standard InChI is InChI=1S/C18H20FN3O/c1-3-22(4-2)17-11-7-15(8-12-17)18(23)21-20-13-14-5-9-16(19)10-6-14/h5-13H,3-4H2,1-2H3,(H,21,23)/b20-13+. The highest BCUT2D eigenvalue weighted by Crippen LogP contribution is 2.14. The predicted molar refractivity (Wildman–Crippen MR) is 91.5 cm³/mol. The molecule has 0 aliphatic carbocycles. The normalized spacial score (nSPS) is 10.7. The Morgan fingerprint density at radius 3 is 2.26 bits per heavy atom. The minimum atomic E-state index is -0.306. The molecular formula is C18H20FN3O. The fourth-order valence-corrected chi connectivity index (χ4v) is 2.19. The molecule has 0 bridgehead atoms. The molecule has 1 amide bonds. The summed E-state index contributed by atoms with van der Waals surface area (Å²) in [5.41, 5.74) is 4.80. The van der Waals surface area contributed by atoms with E-state index in [0.717, 1.165) is 18.8 Å². The molecule has 0 radical (unpaired) electrons. The number of hydrogen-bond acceptors (Lipinski definition) is 3. The second-order valence-electron chi connectivity index (χ2n) is 4.97. The molecule has 1 N–H and O–H groups in total. The summed E-state index contributed by atoms with van der Waals surface area (Å²) in [5.74, 6) is -0.589. The second-order valence-corrected chi connectivity index (χ2v) is 4.97. The number of hydrogen-bond donors (Lipinski definition) is 1. The number of nitrogens with zero attached hydrogens (tertiary/aromatic N) is 2. The number of rotatable bonds is 6. The molecule has 0 unspecified atom stereocenters. The summed E-state index contributed by atoms with van der Waals surface area (Å²) in [5, 5.41) is 3.88. The molecule has 0 saturated carbocycles. The first-order chi connectivity index (χ1) is 11.1. The van der Waals surface area contributed by atoms with Crippen LogP contribution in [0.4, 0.5) is 10.1 Å². The van der Waals surface area contributed by atoms with Crippen molar-refractivity contribution in [2.24, 2.45) is 5.10 Å². The Balaban J connectivity index is 1.96. The largest absolute Gasteiger partial charge is 0.372 e. The lowest BCUT2D eigenvalue weighted by Gasteiger charge is -2.20. The van der Waals surface area contributed by atoms with Gasteiger partial charge in [0.15, 0.2) is 0 Å². The highest BCUT2D eigenvalue weighted by atomic mass is 19.1. The van der Waals surface area contributed by atoms with E-state index in [9.17, 15) is 9.18 Å². The summed E-state index contributed by atoms with van der Waals surface area (Å²) in [4.78, 5) is 14.2. The van der Waals surface area contributed by atoms with E-state index in [1.807, 2.05) is 12.1 Å². The van der Waals surface area contributed by atoms with Crippen molar-refractivity contribution in [2.45, 2.75) is 13.8 Å². The lowest BCUT2D eigenvalue weighted by molar-refractivity contribution is 0.0955. The summed E-state index contributed by atoms with van der Waals surface area (Å²) >= 11 is 0. The molecule has 0 atom stereocenters. The summed E-state index contributed by atoms with van der Waals surface area (Å²) in [6.45, 7) is 6.02. The number of hydrazone groups is 1. The number of amides is 1. The molecule has 0 aliphatic heterocycles. The van der Waals surface area contributed by atoms with Crippen LogP contribution in [0.3, 0.4) is 0 Å². The van der Waals surface area contributed by atoms with Crippen LogP contribution in [0.2, 0.25) is 0 Å². The molecule has 2 aromatic carbocycles. The molecule has 0 fully saturated rings. The molecule has 0 aromatic heterocycles. The van der Waals surface area contributed by atoms with E-state index in [-0.39, 0.29) is 11.7 Å². The number of benzene rings is 2. The minimum absolute atomic E-state index is 0.283. The molecule has 120 valence electrons. The SMILES string of the molecule is CCN(CC)c1ccc(C(=O)N/N=C/c2ccc(F)cc2)cc1. The van der Waals surface area contributed by atoms with Gasteiger partial charge in [0.2, 0.25) is 0 Å². The van der Waals surface area contributed by atoms with Crippen LogP contribution >= 0.6 is 0 Å². The molecule has 0 saturated heterocycles. The van der Waals surface area contributed by atoms with Crippen LogP contribution in [-0.4, -0.2) is 25.2 Å². The van der Waals surface area contributed by atoms with Gasteiger partial charge in [0.05, 0.1) is 6.21 Å². The zero-order valence-electron chi connectivity index (χ0n) is 13.3. The van der Waals surface area contributed by atoms with Gasteiger partial charge >= 0.3 is 0 Å². The number of halogens is 1. The summed E-state index contributed by atoms with van der Waals surface area (Å²) in [7, 11) is 0. The van der Waals surface area contributed by atoms with Gasteiger partial charge in [-0.05, 0) is 55.8 Å². The van der Waals surface area contributed by atoms with Crippen molar-refractivity contribution in [3.05, 3.63) is 65.5 Å². The van der Waals surface area contributed by atoms with Gasteiger partial charge in [-0.2, -0.15) is 5.10 Å². The quantitative estimate of drug-likeness (QED) is 0.656. The van der Waals surface area contributed by atoms with Crippen molar-refractivity contribution in [3.8, 4) is 0 Å². The molecule has 2 rings (SSSR count). The molecule has 0 spiro atoms. The number of anilines is 1. The first kappa shape index (κ1) is 16.7. The van der Waals surface area contributed by atoms with Crippen molar-refractivity contribution < 1.29 is 9.18 Å². The highest BCUT2D eigenvalue weighted by molar-refractivity contribution is 5.95. The third-order valence-corrected chi connectivity index (χ3v) is 3.51. The minimum Gasteiger partial charge on any atom is -0.372 e. The zero-order valence-corrected chi connectivity index (χ0v) is 13.3. The van der Waals surface area contributed by atoms with Gasteiger partial charge in [-0.25, -0.2) is 9.82 Å². The van der Waals surface area contributed by atoms with Crippen molar-refractivity contribution in [2.75, 3.05) is 18.0 Å². The van der Waals surface area contributed by atoms with Crippen molar-refractivity contribution in [1.29, 1.82) is 0 Å². The van der Waals surface area contributed by atoms with Crippen LogP contribution in [0.5, 0.6) is 0 Å². The van der Waals surface area contributed by atoms with Crippen LogP contribution < -0.4 is 10.3 Å². The van der Waals surface area contributed by atoms with Crippen LogP contribution in [0.25, 0.3) is 0 Å². The van der Waals surface area contributed by atoms with Gasteiger partial charge in [0.1, 0.15) is 5.82 Å². The zero-order chi connectivity index (χ0) is 16.7. The Morgan fingerprint density at radius 2 is 1.70 bits per heavy atom. The van der Waals surface area contributed by atoms with E-state index < -0.39 is 0 Å². The van der Waals surface area contributed by atoms with Gasteiger partial charge in [-0.1, -0.05) is 12.1 Å². The first-order valence-electron chi connectivity index (χ1n) is 7.58. The van der Waals surface area contributed by atoms with Gasteiger partial charge < -0.3 is 4.90 Å². The highest BCUT2D eigenvalue weighted by Gasteiger charge is 2.06. The Kier molecular flexibility index (Phi) is 5.86. The van der Waals surface area contributed by atoms with E-state index >= 15 is 0 Å². The predicted octanol–water partition coefficient (Wildman–Crippen LogP) is 3.44. The van der Waals surface area contributed by atoms with Gasteiger partial charge in [-0.15, -0.1) is 0 Å².